The fourth-order valence-corrected chi connectivity index (χ4v) is 2.83. The van der Waals surface area contributed by atoms with Gasteiger partial charge >= 0.3 is 0 Å². The van der Waals surface area contributed by atoms with Crippen molar-refractivity contribution < 1.29 is 4.39 Å². The molecular formula is C13H17FN2. The van der Waals surface area contributed by atoms with Gasteiger partial charge in [-0.3, -0.25) is 0 Å². The van der Waals surface area contributed by atoms with Crippen LogP contribution in [0, 0.1) is 0 Å². The van der Waals surface area contributed by atoms with Gasteiger partial charge in [0.25, 0.3) is 0 Å². The molecule has 0 aromatic heterocycles. The average Bonchev–Trinajstić information content (AvgIpc) is 2.98. The van der Waals surface area contributed by atoms with E-state index in [1.165, 1.54) is 5.56 Å². The first-order valence-corrected chi connectivity index (χ1v) is 6.05. The van der Waals surface area contributed by atoms with Crippen LogP contribution in [-0.2, 0) is 6.54 Å². The van der Waals surface area contributed by atoms with Crippen LogP contribution in [0.5, 0.6) is 0 Å². The van der Waals surface area contributed by atoms with Crippen molar-refractivity contribution in [3.05, 3.63) is 35.4 Å². The second-order valence-corrected chi connectivity index (χ2v) is 4.70. The average molecular weight is 220 g/mol. The van der Waals surface area contributed by atoms with Crippen LogP contribution in [0.3, 0.4) is 0 Å². The summed E-state index contributed by atoms with van der Waals surface area (Å²) in [5.41, 5.74) is 2.39. The van der Waals surface area contributed by atoms with Crippen LogP contribution in [0.4, 0.5) is 4.39 Å². The second-order valence-electron chi connectivity index (χ2n) is 4.70. The van der Waals surface area contributed by atoms with Crippen molar-refractivity contribution in [1.29, 1.82) is 0 Å². The number of hydrogen-bond donors (Lipinski definition) is 2. The highest BCUT2D eigenvalue weighted by Crippen LogP contribution is 2.32. The number of hydrogen-bond acceptors (Lipinski definition) is 2. The molecule has 0 spiro atoms. The van der Waals surface area contributed by atoms with Gasteiger partial charge in [0.1, 0.15) is 6.17 Å². The molecule has 2 aliphatic rings. The lowest BCUT2D eigenvalue weighted by Gasteiger charge is -2.23. The molecule has 1 fully saturated rings. The Morgan fingerprint density at radius 1 is 1.25 bits per heavy atom. The third-order valence-electron chi connectivity index (χ3n) is 3.70. The fourth-order valence-electron chi connectivity index (χ4n) is 2.83. The number of halogens is 1. The van der Waals surface area contributed by atoms with Crippen molar-refractivity contribution in [3.63, 3.8) is 0 Å². The number of alkyl halides is 1. The summed E-state index contributed by atoms with van der Waals surface area (Å²) < 4.78 is 14.4. The van der Waals surface area contributed by atoms with Gasteiger partial charge < -0.3 is 10.6 Å². The highest BCUT2D eigenvalue weighted by Gasteiger charge is 2.35. The Morgan fingerprint density at radius 3 is 2.94 bits per heavy atom. The topological polar surface area (TPSA) is 24.1 Å². The minimum Gasteiger partial charge on any atom is -0.311 e. The summed E-state index contributed by atoms with van der Waals surface area (Å²) in [4.78, 5) is 0. The molecule has 3 atom stereocenters. The third-order valence-corrected chi connectivity index (χ3v) is 3.70. The van der Waals surface area contributed by atoms with E-state index in [-0.39, 0.29) is 12.1 Å². The van der Waals surface area contributed by atoms with Crippen LogP contribution in [0.1, 0.15) is 30.0 Å². The largest absolute Gasteiger partial charge is 0.311 e. The zero-order valence-corrected chi connectivity index (χ0v) is 9.25. The Hall–Kier alpha value is -0.930. The van der Waals surface area contributed by atoms with Gasteiger partial charge in [-0.2, -0.15) is 0 Å². The number of benzene rings is 1. The van der Waals surface area contributed by atoms with Crippen LogP contribution >= 0.6 is 0 Å². The first-order valence-electron chi connectivity index (χ1n) is 6.05. The van der Waals surface area contributed by atoms with Crippen molar-refractivity contribution in [1.82, 2.24) is 10.6 Å². The Balaban J connectivity index is 1.81. The molecule has 2 N–H and O–H groups in total. The van der Waals surface area contributed by atoms with Crippen molar-refractivity contribution in [2.24, 2.45) is 0 Å². The van der Waals surface area contributed by atoms with E-state index in [4.69, 9.17) is 0 Å². The summed E-state index contributed by atoms with van der Waals surface area (Å²) in [5.74, 6) is 0. The molecule has 3 unspecified atom stereocenters. The molecule has 2 nitrogen and oxygen atoms in total. The normalized spacial score (nSPS) is 30.3. The molecule has 0 bridgehead atoms. The van der Waals surface area contributed by atoms with E-state index in [0.29, 0.717) is 0 Å². The standard InChI is InChI=1S/C13H17FN2/c14-12(11-6-3-7-15-11)13-10-5-2-1-4-9(10)8-16-13/h1-2,4-5,11-13,15-16H,3,6-8H2. The Bertz CT molecular complexity index is 374. The van der Waals surface area contributed by atoms with E-state index in [9.17, 15) is 4.39 Å². The van der Waals surface area contributed by atoms with Crippen molar-refractivity contribution in [3.8, 4) is 0 Å². The van der Waals surface area contributed by atoms with Gasteiger partial charge in [0.2, 0.25) is 0 Å². The third kappa shape index (κ3) is 1.64. The maximum Gasteiger partial charge on any atom is 0.135 e. The smallest absolute Gasteiger partial charge is 0.135 e. The van der Waals surface area contributed by atoms with Gasteiger partial charge in [-0.05, 0) is 30.5 Å². The molecule has 16 heavy (non-hydrogen) atoms. The summed E-state index contributed by atoms with van der Waals surface area (Å²) in [5, 5.41) is 6.53. The molecule has 3 rings (SSSR count). The van der Waals surface area contributed by atoms with E-state index in [0.717, 1.165) is 31.5 Å². The minimum absolute atomic E-state index is 0.0312. The van der Waals surface area contributed by atoms with Crippen LogP contribution in [-0.4, -0.2) is 18.8 Å². The Labute approximate surface area is 95.2 Å². The quantitative estimate of drug-likeness (QED) is 0.795. The molecular weight excluding hydrogens is 203 g/mol. The van der Waals surface area contributed by atoms with Gasteiger partial charge in [0.15, 0.2) is 0 Å². The Kier molecular flexibility index (Phi) is 2.65. The zero-order valence-electron chi connectivity index (χ0n) is 9.25. The molecule has 0 radical (unpaired) electrons. The summed E-state index contributed by atoms with van der Waals surface area (Å²) >= 11 is 0. The van der Waals surface area contributed by atoms with Crippen molar-refractivity contribution >= 4 is 0 Å². The molecule has 2 aliphatic heterocycles. The van der Waals surface area contributed by atoms with E-state index in [1.54, 1.807) is 0 Å². The van der Waals surface area contributed by atoms with Gasteiger partial charge in [-0.1, -0.05) is 24.3 Å². The van der Waals surface area contributed by atoms with Crippen LogP contribution in [0.15, 0.2) is 24.3 Å². The minimum atomic E-state index is -0.814. The van der Waals surface area contributed by atoms with E-state index < -0.39 is 6.17 Å². The fraction of sp³-hybridized carbons (Fsp3) is 0.538. The maximum atomic E-state index is 14.4. The lowest BCUT2D eigenvalue weighted by Crippen LogP contribution is -2.39. The predicted octanol–water partition coefficient (Wildman–Crippen LogP) is 1.92. The molecule has 1 saturated heterocycles. The van der Waals surface area contributed by atoms with Gasteiger partial charge in [-0.15, -0.1) is 0 Å². The highest BCUT2D eigenvalue weighted by atomic mass is 19.1. The summed E-state index contributed by atoms with van der Waals surface area (Å²) in [6.45, 7) is 1.76. The van der Waals surface area contributed by atoms with Crippen LogP contribution in [0.25, 0.3) is 0 Å². The van der Waals surface area contributed by atoms with Crippen molar-refractivity contribution in [2.75, 3.05) is 6.54 Å². The highest BCUT2D eigenvalue weighted by molar-refractivity contribution is 5.34. The predicted molar refractivity (Wildman–Crippen MR) is 61.9 cm³/mol. The monoisotopic (exact) mass is 220 g/mol. The number of fused-ring (bicyclic) bond motifs is 1. The Morgan fingerprint density at radius 2 is 2.12 bits per heavy atom. The molecule has 0 saturated carbocycles. The molecule has 2 heterocycles. The lowest BCUT2D eigenvalue weighted by atomic mass is 9.96. The summed E-state index contributed by atoms with van der Waals surface area (Å²) in [7, 11) is 0. The molecule has 1 aromatic rings. The van der Waals surface area contributed by atoms with Crippen LogP contribution < -0.4 is 10.6 Å². The zero-order chi connectivity index (χ0) is 11.0. The molecule has 0 amide bonds. The van der Waals surface area contributed by atoms with Gasteiger partial charge in [0.05, 0.1) is 6.04 Å². The van der Waals surface area contributed by atoms with E-state index in [2.05, 4.69) is 16.7 Å². The molecule has 1 aromatic carbocycles. The van der Waals surface area contributed by atoms with E-state index >= 15 is 0 Å². The summed E-state index contributed by atoms with van der Waals surface area (Å²) in [6, 6.07) is 8.05. The summed E-state index contributed by atoms with van der Waals surface area (Å²) in [6.07, 6.45) is 1.24. The van der Waals surface area contributed by atoms with E-state index in [1.807, 2.05) is 18.2 Å². The maximum absolute atomic E-state index is 14.4. The molecule has 86 valence electrons. The van der Waals surface area contributed by atoms with Crippen molar-refractivity contribution in [2.45, 2.75) is 37.6 Å². The first kappa shape index (κ1) is 10.2. The van der Waals surface area contributed by atoms with Gasteiger partial charge in [0, 0.05) is 12.6 Å². The number of rotatable bonds is 2. The lowest BCUT2D eigenvalue weighted by molar-refractivity contribution is 0.207. The van der Waals surface area contributed by atoms with Crippen LogP contribution in [0.2, 0.25) is 0 Å². The first-order chi connectivity index (χ1) is 7.86. The number of nitrogens with one attached hydrogen (secondary N) is 2. The molecule has 0 aliphatic carbocycles. The SMILES string of the molecule is FC(C1CCCN1)C1NCc2ccccc21. The molecule has 3 heteroatoms. The second kappa shape index (κ2) is 4.15. The van der Waals surface area contributed by atoms with Gasteiger partial charge in [-0.25, -0.2) is 4.39 Å².